The Hall–Kier alpha value is -2.40. The maximum absolute atomic E-state index is 11.1. The molecule has 2 aromatic rings. The van der Waals surface area contributed by atoms with Crippen molar-refractivity contribution in [3.63, 3.8) is 0 Å². The first kappa shape index (κ1) is 14.2. The van der Waals surface area contributed by atoms with Gasteiger partial charge in [0.1, 0.15) is 0 Å². The minimum atomic E-state index is -0.398. The topological polar surface area (TPSA) is 68.1 Å². The summed E-state index contributed by atoms with van der Waals surface area (Å²) in [6, 6.07) is 8.94. The van der Waals surface area contributed by atoms with Crippen molar-refractivity contribution < 1.29 is 4.92 Å². The van der Waals surface area contributed by atoms with Gasteiger partial charge >= 0.3 is 0 Å². The molecule has 0 unspecified atom stereocenters. The summed E-state index contributed by atoms with van der Waals surface area (Å²) in [4.78, 5) is 15.2. The fourth-order valence-corrected chi connectivity index (χ4v) is 3.87. The second kappa shape index (κ2) is 5.35. The second-order valence-corrected chi connectivity index (χ2v) is 6.29. The molecular weight excluding hydrogens is 314 g/mol. The SMILES string of the molecule is O=[N+]([O-])c1cc(Cl)c2c(c1)[C@@H]1C=CC[C@H]1[C@H](c1ccccn1)N2. The van der Waals surface area contributed by atoms with Gasteiger partial charge in [-0.1, -0.05) is 29.8 Å². The average molecular weight is 328 g/mol. The number of nitrogens with one attached hydrogen (secondary N) is 1. The van der Waals surface area contributed by atoms with Crippen molar-refractivity contribution in [2.45, 2.75) is 18.4 Å². The van der Waals surface area contributed by atoms with Gasteiger partial charge in [-0.2, -0.15) is 0 Å². The van der Waals surface area contributed by atoms with Crippen molar-refractivity contribution in [1.29, 1.82) is 0 Å². The number of benzene rings is 1. The highest BCUT2D eigenvalue weighted by molar-refractivity contribution is 6.33. The zero-order chi connectivity index (χ0) is 16.0. The van der Waals surface area contributed by atoms with Gasteiger partial charge in [0.15, 0.2) is 0 Å². The maximum Gasteiger partial charge on any atom is 0.271 e. The van der Waals surface area contributed by atoms with Crippen LogP contribution in [-0.2, 0) is 0 Å². The summed E-state index contributed by atoms with van der Waals surface area (Å²) in [5.74, 6) is 0.408. The number of hydrogen-bond acceptors (Lipinski definition) is 4. The highest BCUT2D eigenvalue weighted by Crippen LogP contribution is 2.52. The Bertz CT molecular complexity index is 807. The van der Waals surface area contributed by atoms with Crippen molar-refractivity contribution in [3.05, 3.63) is 75.1 Å². The number of aromatic nitrogens is 1. The first-order valence-electron chi connectivity index (χ1n) is 7.47. The standard InChI is InChI=1S/C17H14ClN3O2/c18-14-9-10(21(22)23)8-13-11-4-3-5-12(11)17(20-16(13)14)15-6-1-2-7-19-15/h1-4,6-9,11-12,17,20H,5H2/t11-,12-,17-/m1/s1. The Morgan fingerprint density at radius 3 is 2.96 bits per heavy atom. The molecule has 0 saturated carbocycles. The summed E-state index contributed by atoms with van der Waals surface area (Å²) in [7, 11) is 0. The van der Waals surface area contributed by atoms with Crippen molar-refractivity contribution in [3.8, 4) is 0 Å². The number of halogens is 1. The van der Waals surface area contributed by atoms with Crippen molar-refractivity contribution in [2.24, 2.45) is 5.92 Å². The molecule has 3 atom stereocenters. The van der Waals surface area contributed by atoms with Crippen LogP contribution in [0.15, 0.2) is 48.7 Å². The molecule has 116 valence electrons. The smallest absolute Gasteiger partial charge is 0.271 e. The van der Waals surface area contributed by atoms with Crippen LogP contribution >= 0.6 is 11.6 Å². The number of rotatable bonds is 2. The summed E-state index contributed by atoms with van der Waals surface area (Å²) >= 11 is 6.32. The monoisotopic (exact) mass is 327 g/mol. The molecule has 1 aliphatic carbocycles. The predicted molar refractivity (Wildman–Crippen MR) is 88.7 cm³/mol. The Balaban J connectivity index is 1.84. The van der Waals surface area contributed by atoms with Crippen LogP contribution in [0.25, 0.3) is 0 Å². The van der Waals surface area contributed by atoms with Crippen LogP contribution in [0.3, 0.4) is 0 Å². The summed E-state index contributed by atoms with van der Waals surface area (Å²) in [6.45, 7) is 0. The molecule has 0 saturated heterocycles. The lowest BCUT2D eigenvalue weighted by Gasteiger charge is -2.37. The number of pyridine rings is 1. The van der Waals surface area contributed by atoms with Crippen molar-refractivity contribution in [2.75, 3.05) is 5.32 Å². The third-order valence-corrected chi connectivity index (χ3v) is 4.92. The van der Waals surface area contributed by atoms with E-state index in [4.69, 9.17) is 11.6 Å². The quantitative estimate of drug-likeness (QED) is 0.502. The zero-order valence-electron chi connectivity index (χ0n) is 12.1. The molecule has 2 aliphatic rings. The molecular formula is C17H14ClN3O2. The average Bonchev–Trinajstić information content (AvgIpc) is 3.04. The fourth-order valence-electron chi connectivity index (χ4n) is 3.60. The van der Waals surface area contributed by atoms with E-state index in [2.05, 4.69) is 22.5 Å². The Morgan fingerprint density at radius 1 is 1.35 bits per heavy atom. The lowest BCUT2D eigenvalue weighted by molar-refractivity contribution is -0.384. The van der Waals surface area contributed by atoms with Crippen LogP contribution in [-0.4, -0.2) is 9.91 Å². The molecule has 0 spiro atoms. The number of nitro groups is 1. The molecule has 4 rings (SSSR count). The van der Waals surface area contributed by atoms with Crippen molar-refractivity contribution in [1.82, 2.24) is 4.98 Å². The Morgan fingerprint density at radius 2 is 2.22 bits per heavy atom. The number of fused-ring (bicyclic) bond motifs is 3. The van der Waals surface area contributed by atoms with Crippen LogP contribution in [0.2, 0.25) is 5.02 Å². The van der Waals surface area contributed by atoms with Gasteiger partial charge in [0.2, 0.25) is 0 Å². The van der Waals surface area contributed by atoms with Crippen LogP contribution in [0, 0.1) is 16.0 Å². The fraction of sp³-hybridized carbons (Fsp3) is 0.235. The van der Waals surface area contributed by atoms with Gasteiger partial charge in [-0.25, -0.2) is 0 Å². The van der Waals surface area contributed by atoms with Gasteiger partial charge in [0.05, 0.1) is 27.4 Å². The molecule has 0 amide bonds. The molecule has 2 heterocycles. The van der Waals surface area contributed by atoms with E-state index in [9.17, 15) is 10.1 Å². The predicted octanol–water partition coefficient (Wildman–Crippen LogP) is 4.47. The second-order valence-electron chi connectivity index (χ2n) is 5.88. The lowest BCUT2D eigenvalue weighted by atomic mass is 9.78. The molecule has 1 aromatic heterocycles. The molecule has 5 nitrogen and oxygen atoms in total. The number of anilines is 1. The molecule has 6 heteroatoms. The summed E-state index contributed by atoms with van der Waals surface area (Å²) in [5.41, 5.74) is 2.67. The van der Waals surface area contributed by atoms with Crippen LogP contribution in [0.1, 0.15) is 29.6 Å². The van der Waals surface area contributed by atoms with Crippen LogP contribution in [0.4, 0.5) is 11.4 Å². The molecule has 1 aromatic carbocycles. The van der Waals surface area contributed by atoms with Crippen LogP contribution in [0.5, 0.6) is 0 Å². The summed E-state index contributed by atoms with van der Waals surface area (Å²) in [6.07, 6.45) is 6.95. The van der Waals surface area contributed by atoms with E-state index in [0.29, 0.717) is 5.02 Å². The summed E-state index contributed by atoms with van der Waals surface area (Å²) in [5, 5.41) is 15.0. The van der Waals surface area contributed by atoms with Gasteiger partial charge in [-0.3, -0.25) is 15.1 Å². The molecule has 0 radical (unpaired) electrons. The number of nitro benzene ring substituents is 1. The van der Waals surface area contributed by atoms with E-state index in [1.807, 2.05) is 18.2 Å². The molecule has 23 heavy (non-hydrogen) atoms. The van der Waals surface area contributed by atoms with E-state index >= 15 is 0 Å². The van der Waals surface area contributed by atoms with Crippen molar-refractivity contribution >= 4 is 23.0 Å². The lowest BCUT2D eigenvalue weighted by Crippen LogP contribution is -2.30. The van der Waals surface area contributed by atoms with E-state index in [0.717, 1.165) is 23.4 Å². The van der Waals surface area contributed by atoms with Crippen LogP contribution < -0.4 is 5.32 Å². The zero-order valence-corrected chi connectivity index (χ0v) is 12.9. The van der Waals surface area contributed by atoms with E-state index in [1.165, 1.54) is 6.07 Å². The number of allylic oxidation sites excluding steroid dienone is 2. The minimum Gasteiger partial charge on any atom is -0.375 e. The highest BCUT2D eigenvalue weighted by atomic mass is 35.5. The minimum absolute atomic E-state index is 0.0332. The van der Waals surface area contributed by atoms with E-state index in [-0.39, 0.29) is 23.6 Å². The highest BCUT2D eigenvalue weighted by Gasteiger charge is 2.40. The largest absolute Gasteiger partial charge is 0.375 e. The number of nitrogens with zero attached hydrogens (tertiary/aromatic N) is 2. The maximum atomic E-state index is 11.1. The first-order chi connectivity index (χ1) is 11.1. The number of non-ortho nitro benzene ring substituents is 1. The normalized spacial score (nSPS) is 24.7. The first-order valence-corrected chi connectivity index (χ1v) is 7.85. The van der Waals surface area contributed by atoms with Gasteiger partial charge < -0.3 is 5.32 Å². The van der Waals surface area contributed by atoms with Gasteiger partial charge in [-0.15, -0.1) is 0 Å². The van der Waals surface area contributed by atoms with Gasteiger partial charge in [0.25, 0.3) is 5.69 Å². The number of hydrogen-bond donors (Lipinski definition) is 1. The van der Waals surface area contributed by atoms with Gasteiger partial charge in [-0.05, 0) is 30.0 Å². The van der Waals surface area contributed by atoms with E-state index in [1.54, 1.807) is 12.3 Å². The van der Waals surface area contributed by atoms with Gasteiger partial charge in [0, 0.05) is 24.2 Å². The Labute approximate surface area is 138 Å². The molecule has 0 bridgehead atoms. The Kier molecular flexibility index (Phi) is 3.31. The van der Waals surface area contributed by atoms with E-state index < -0.39 is 4.92 Å². The molecule has 0 fully saturated rings. The molecule has 1 aliphatic heterocycles. The third kappa shape index (κ3) is 2.28. The third-order valence-electron chi connectivity index (χ3n) is 4.62. The molecule has 1 N–H and O–H groups in total. The summed E-state index contributed by atoms with van der Waals surface area (Å²) < 4.78 is 0.